The summed E-state index contributed by atoms with van der Waals surface area (Å²) in [5.41, 5.74) is 4.04. The number of carbonyl (C=O) groups excluding carboxylic acids is 2. The van der Waals surface area contributed by atoms with E-state index < -0.39 is 0 Å². The molecule has 1 aliphatic heterocycles. The van der Waals surface area contributed by atoms with Gasteiger partial charge in [0.05, 0.1) is 16.5 Å². The summed E-state index contributed by atoms with van der Waals surface area (Å²) in [6.07, 6.45) is 1.79. The molecule has 31 heavy (non-hydrogen) atoms. The van der Waals surface area contributed by atoms with Crippen LogP contribution in [0.2, 0.25) is 5.02 Å². The van der Waals surface area contributed by atoms with Gasteiger partial charge in [0, 0.05) is 17.1 Å². The summed E-state index contributed by atoms with van der Waals surface area (Å²) in [7, 11) is 0. The highest BCUT2D eigenvalue weighted by molar-refractivity contribution is 8.18. The summed E-state index contributed by atoms with van der Waals surface area (Å²) in [4.78, 5) is 26.9. The number of aryl methyl sites for hydroxylation is 1. The zero-order chi connectivity index (χ0) is 22.0. The Morgan fingerprint density at radius 1 is 1.03 bits per heavy atom. The Morgan fingerprint density at radius 3 is 2.48 bits per heavy atom. The number of rotatable bonds is 6. The highest BCUT2D eigenvalue weighted by Gasteiger charge is 2.35. The lowest BCUT2D eigenvalue weighted by Gasteiger charge is -2.13. The molecule has 3 aromatic rings. The third kappa shape index (κ3) is 4.40. The van der Waals surface area contributed by atoms with Gasteiger partial charge in [-0.05, 0) is 67.6 Å². The first-order valence-corrected chi connectivity index (χ1v) is 11.0. The number of halogens is 1. The highest BCUT2D eigenvalue weighted by Crippen LogP contribution is 2.34. The minimum absolute atomic E-state index is 0.163. The lowest BCUT2D eigenvalue weighted by atomic mass is 10.2. The van der Waals surface area contributed by atoms with Gasteiger partial charge in [-0.2, -0.15) is 0 Å². The van der Waals surface area contributed by atoms with E-state index in [1.165, 1.54) is 4.90 Å². The van der Waals surface area contributed by atoms with Gasteiger partial charge in [0.25, 0.3) is 11.1 Å². The maximum absolute atomic E-state index is 12.8. The normalized spacial score (nSPS) is 15.2. The Labute approximate surface area is 190 Å². The van der Waals surface area contributed by atoms with Crippen LogP contribution in [0.3, 0.4) is 0 Å². The molecular weight excluding hydrogens is 432 g/mol. The van der Waals surface area contributed by atoms with Crippen LogP contribution in [0.4, 0.5) is 4.79 Å². The molecule has 0 aliphatic carbocycles. The summed E-state index contributed by atoms with van der Waals surface area (Å²) >= 11 is 7.03. The van der Waals surface area contributed by atoms with E-state index in [0.29, 0.717) is 15.7 Å². The Morgan fingerprint density at radius 2 is 1.74 bits per heavy atom. The molecule has 1 aromatic heterocycles. The van der Waals surface area contributed by atoms with Crippen LogP contribution in [0.5, 0.6) is 5.75 Å². The fourth-order valence-electron chi connectivity index (χ4n) is 3.55. The number of hydrogen-bond acceptors (Lipinski definition) is 4. The van der Waals surface area contributed by atoms with Crippen LogP contribution < -0.4 is 4.74 Å². The van der Waals surface area contributed by atoms with Crippen LogP contribution in [0.1, 0.15) is 17.0 Å². The van der Waals surface area contributed by atoms with E-state index in [1.807, 2.05) is 62.4 Å². The second-order valence-corrected chi connectivity index (χ2v) is 8.51. The van der Waals surface area contributed by atoms with E-state index in [9.17, 15) is 9.59 Å². The molecule has 2 aromatic carbocycles. The van der Waals surface area contributed by atoms with Crippen molar-refractivity contribution in [1.82, 2.24) is 9.47 Å². The molecular formula is C24H21ClN2O3S. The molecule has 158 valence electrons. The molecule has 2 heterocycles. The monoisotopic (exact) mass is 452 g/mol. The standard InChI is InChI=1S/C24H21ClN2O3S/c1-16-14-18(17(2)27(16)19-8-4-3-5-9-19)15-22-23(28)26(24(29)31-22)12-13-30-21-11-7-6-10-20(21)25/h3-11,14-15H,12-13H2,1-2H3/b22-15-. The average molecular weight is 453 g/mol. The second-order valence-electron chi connectivity index (χ2n) is 7.11. The SMILES string of the molecule is Cc1cc(/C=C2\SC(=O)N(CCOc3ccccc3Cl)C2=O)c(C)n1-c1ccccc1. The molecule has 0 radical (unpaired) electrons. The number of para-hydroxylation sites is 2. The Bertz CT molecular complexity index is 1170. The van der Waals surface area contributed by atoms with Crippen LogP contribution in [-0.2, 0) is 4.79 Å². The Hall–Kier alpha value is -2.96. The summed E-state index contributed by atoms with van der Waals surface area (Å²) in [6, 6.07) is 19.2. The predicted molar refractivity (Wildman–Crippen MR) is 125 cm³/mol. The fourth-order valence-corrected chi connectivity index (χ4v) is 4.60. The number of imide groups is 1. The van der Waals surface area contributed by atoms with Gasteiger partial charge in [0.2, 0.25) is 0 Å². The van der Waals surface area contributed by atoms with Gasteiger partial charge in [-0.3, -0.25) is 14.5 Å². The Balaban J connectivity index is 1.49. The molecule has 1 saturated heterocycles. The van der Waals surface area contributed by atoms with Gasteiger partial charge in [-0.1, -0.05) is 41.9 Å². The smallest absolute Gasteiger partial charge is 0.293 e. The summed E-state index contributed by atoms with van der Waals surface area (Å²) in [5.74, 6) is 0.224. The number of hydrogen-bond donors (Lipinski definition) is 0. The average Bonchev–Trinajstić information content (AvgIpc) is 3.19. The number of thioether (sulfide) groups is 1. The van der Waals surface area contributed by atoms with Crippen LogP contribution in [-0.4, -0.2) is 33.8 Å². The number of ether oxygens (including phenoxy) is 1. The molecule has 1 aliphatic rings. The van der Waals surface area contributed by atoms with Crippen molar-refractivity contribution in [2.45, 2.75) is 13.8 Å². The molecule has 0 spiro atoms. The van der Waals surface area contributed by atoms with Crippen molar-refractivity contribution in [3.8, 4) is 11.4 Å². The van der Waals surface area contributed by atoms with Crippen molar-refractivity contribution >= 4 is 40.6 Å². The van der Waals surface area contributed by atoms with Crippen LogP contribution in [0.15, 0.2) is 65.6 Å². The highest BCUT2D eigenvalue weighted by atomic mass is 35.5. The lowest BCUT2D eigenvalue weighted by Crippen LogP contribution is -2.32. The third-order valence-electron chi connectivity index (χ3n) is 5.05. The summed E-state index contributed by atoms with van der Waals surface area (Å²) in [5, 5.41) is 0.196. The van der Waals surface area contributed by atoms with E-state index in [0.717, 1.165) is 34.4 Å². The quantitative estimate of drug-likeness (QED) is 0.439. The first-order chi connectivity index (χ1) is 15.0. The molecule has 0 unspecified atom stereocenters. The minimum atomic E-state index is -0.303. The molecule has 1 fully saturated rings. The summed E-state index contributed by atoms with van der Waals surface area (Å²) < 4.78 is 7.76. The zero-order valence-electron chi connectivity index (χ0n) is 17.2. The van der Waals surface area contributed by atoms with Crippen molar-refractivity contribution in [2.75, 3.05) is 13.2 Å². The minimum Gasteiger partial charge on any atom is -0.490 e. The maximum Gasteiger partial charge on any atom is 0.293 e. The number of aromatic nitrogens is 1. The van der Waals surface area contributed by atoms with Crippen molar-refractivity contribution in [2.24, 2.45) is 0 Å². The first kappa shape index (κ1) is 21.3. The Kier molecular flexibility index (Phi) is 6.20. The molecule has 0 saturated carbocycles. The maximum atomic E-state index is 12.8. The van der Waals surface area contributed by atoms with Crippen molar-refractivity contribution in [3.63, 3.8) is 0 Å². The van der Waals surface area contributed by atoms with Gasteiger partial charge in [-0.25, -0.2) is 0 Å². The van der Waals surface area contributed by atoms with Crippen LogP contribution in [0, 0.1) is 13.8 Å². The first-order valence-electron chi connectivity index (χ1n) is 9.83. The molecule has 2 amide bonds. The lowest BCUT2D eigenvalue weighted by molar-refractivity contribution is -0.123. The van der Waals surface area contributed by atoms with Gasteiger partial charge >= 0.3 is 0 Å². The number of nitrogens with zero attached hydrogens (tertiary/aromatic N) is 2. The van der Waals surface area contributed by atoms with E-state index >= 15 is 0 Å². The number of amides is 2. The van der Waals surface area contributed by atoms with E-state index in [4.69, 9.17) is 16.3 Å². The topological polar surface area (TPSA) is 51.5 Å². The third-order valence-corrected chi connectivity index (χ3v) is 6.27. The summed E-state index contributed by atoms with van der Waals surface area (Å²) in [6.45, 7) is 4.37. The second kappa shape index (κ2) is 9.04. The van der Waals surface area contributed by atoms with Crippen molar-refractivity contribution in [1.29, 1.82) is 0 Å². The van der Waals surface area contributed by atoms with Gasteiger partial charge in [0.15, 0.2) is 0 Å². The predicted octanol–water partition coefficient (Wildman–Crippen LogP) is 5.86. The number of benzene rings is 2. The zero-order valence-corrected chi connectivity index (χ0v) is 18.7. The van der Waals surface area contributed by atoms with E-state index in [-0.39, 0.29) is 24.3 Å². The van der Waals surface area contributed by atoms with E-state index in [1.54, 1.807) is 18.2 Å². The van der Waals surface area contributed by atoms with Crippen molar-refractivity contribution < 1.29 is 14.3 Å². The van der Waals surface area contributed by atoms with Gasteiger partial charge in [0.1, 0.15) is 12.4 Å². The molecule has 0 bridgehead atoms. The van der Waals surface area contributed by atoms with Crippen LogP contribution >= 0.6 is 23.4 Å². The van der Waals surface area contributed by atoms with Crippen molar-refractivity contribution in [3.05, 3.63) is 87.5 Å². The molecule has 0 atom stereocenters. The van der Waals surface area contributed by atoms with Crippen LogP contribution in [0.25, 0.3) is 11.8 Å². The molecule has 4 rings (SSSR count). The number of carbonyl (C=O) groups is 2. The van der Waals surface area contributed by atoms with E-state index in [2.05, 4.69) is 4.57 Å². The van der Waals surface area contributed by atoms with Gasteiger partial charge < -0.3 is 9.30 Å². The van der Waals surface area contributed by atoms with Gasteiger partial charge in [-0.15, -0.1) is 0 Å². The largest absolute Gasteiger partial charge is 0.490 e. The molecule has 5 nitrogen and oxygen atoms in total. The fraction of sp³-hybridized carbons (Fsp3) is 0.167. The molecule has 7 heteroatoms. The molecule has 0 N–H and O–H groups in total.